The summed E-state index contributed by atoms with van der Waals surface area (Å²) in [7, 11) is -3.32. The van der Waals surface area contributed by atoms with E-state index in [-0.39, 0.29) is 11.9 Å². The van der Waals surface area contributed by atoms with E-state index in [0.717, 1.165) is 48.3 Å². The number of fused-ring (bicyclic) bond motifs is 2. The molecule has 5 rings (SSSR count). The number of likely N-dealkylation sites (tertiary alicyclic amines) is 1. The fourth-order valence-electron chi connectivity index (χ4n) is 4.83. The molecule has 0 spiro atoms. The van der Waals surface area contributed by atoms with E-state index in [2.05, 4.69) is 0 Å². The van der Waals surface area contributed by atoms with Gasteiger partial charge in [0.15, 0.2) is 11.5 Å². The predicted molar refractivity (Wildman–Crippen MR) is 117 cm³/mol. The number of benzene rings is 2. The normalized spacial score (nSPS) is 20.5. The Morgan fingerprint density at radius 3 is 2.61 bits per heavy atom. The smallest absolute Gasteiger partial charge is 0.254 e. The number of amides is 1. The van der Waals surface area contributed by atoms with Crippen molar-refractivity contribution in [2.24, 2.45) is 0 Å². The van der Waals surface area contributed by atoms with Crippen molar-refractivity contribution in [1.29, 1.82) is 0 Å². The first kappa shape index (κ1) is 20.2. The molecule has 2 aromatic carbocycles. The lowest BCUT2D eigenvalue weighted by Crippen LogP contribution is -2.35. The maximum Gasteiger partial charge on any atom is 0.254 e. The zero-order valence-corrected chi connectivity index (χ0v) is 18.4. The molecule has 8 heteroatoms. The summed E-state index contributed by atoms with van der Waals surface area (Å²) in [4.78, 5) is 15.3. The summed E-state index contributed by atoms with van der Waals surface area (Å²) in [5.41, 5.74) is 3.27. The molecule has 3 aliphatic rings. The number of rotatable bonds is 3. The van der Waals surface area contributed by atoms with Crippen LogP contribution in [0.1, 0.15) is 46.8 Å². The fraction of sp³-hybridized carbons (Fsp3) is 0.435. The molecule has 0 aliphatic carbocycles. The van der Waals surface area contributed by atoms with Gasteiger partial charge >= 0.3 is 0 Å². The Labute approximate surface area is 182 Å². The first-order valence-electron chi connectivity index (χ1n) is 10.7. The summed E-state index contributed by atoms with van der Waals surface area (Å²) in [6, 6.07) is 11.3. The number of nitrogens with zero attached hydrogens (tertiary/aromatic N) is 2. The Balaban J connectivity index is 1.42. The van der Waals surface area contributed by atoms with Crippen LogP contribution < -0.4 is 13.8 Å². The molecule has 0 bridgehead atoms. The molecule has 164 valence electrons. The van der Waals surface area contributed by atoms with Crippen LogP contribution in [-0.4, -0.2) is 51.8 Å². The molecule has 7 nitrogen and oxygen atoms in total. The monoisotopic (exact) mass is 442 g/mol. The third kappa shape index (κ3) is 3.73. The Morgan fingerprint density at radius 1 is 1.00 bits per heavy atom. The number of aryl methyl sites for hydroxylation is 1. The average Bonchev–Trinajstić information content (AvgIpc) is 3.26. The lowest BCUT2D eigenvalue weighted by molar-refractivity contribution is 0.0735. The summed E-state index contributed by atoms with van der Waals surface area (Å²) < 4.78 is 37.0. The topological polar surface area (TPSA) is 76.2 Å². The van der Waals surface area contributed by atoms with E-state index in [1.54, 1.807) is 12.1 Å². The van der Waals surface area contributed by atoms with Crippen LogP contribution in [-0.2, 0) is 16.4 Å². The Bertz CT molecular complexity index is 1130. The standard InChI is InChI=1S/C23H26N2O5S/c1-31(27,28)25-11-2-4-16-14-18(6-8-20(16)25)23(26)24-10-3-5-19(24)17-7-9-21-22(15-17)30-13-12-29-21/h6-9,14-15,19H,2-5,10-13H2,1H3/t19-/m0/s1. The lowest BCUT2D eigenvalue weighted by atomic mass is 9.99. The van der Waals surface area contributed by atoms with Crippen LogP contribution in [0.2, 0.25) is 0 Å². The lowest BCUT2D eigenvalue weighted by Gasteiger charge is -2.30. The molecule has 0 N–H and O–H groups in total. The van der Waals surface area contributed by atoms with Gasteiger partial charge in [0.2, 0.25) is 10.0 Å². The molecular formula is C23H26N2O5S. The van der Waals surface area contributed by atoms with Gasteiger partial charge in [0, 0.05) is 18.7 Å². The summed E-state index contributed by atoms with van der Waals surface area (Å²) in [5, 5.41) is 0. The van der Waals surface area contributed by atoms with E-state index in [1.807, 2.05) is 29.2 Å². The van der Waals surface area contributed by atoms with Gasteiger partial charge in [-0.3, -0.25) is 9.10 Å². The molecule has 3 heterocycles. The minimum absolute atomic E-state index is 0.00752. The van der Waals surface area contributed by atoms with E-state index in [0.29, 0.717) is 37.6 Å². The number of anilines is 1. The Morgan fingerprint density at radius 2 is 1.81 bits per heavy atom. The minimum Gasteiger partial charge on any atom is -0.486 e. The number of carbonyl (C=O) groups excluding carboxylic acids is 1. The second kappa shape index (κ2) is 7.75. The highest BCUT2D eigenvalue weighted by Crippen LogP contribution is 2.39. The van der Waals surface area contributed by atoms with Gasteiger partial charge in [-0.15, -0.1) is 0 Å². The van der Waals surface area contributed by atoms with Gasteiger partial charge in [-0.05, 0) is 67.1 Å². The van der Waals surface area contributed by atoms with Crippen molar-refractivity contribution < 1.29 is 22.7 Å². The highest BCUT2D eigenvalue weighted by molar-refractivity contribution is 7.92. The van der Waals surface area contributed by atoms with Crippen LogP contribution in [0.3, 0.4) is 0 Å². The molecular weight excluding hydrogens is 416 g/mol. The second-order valence-corrected chi connectivity index (χ2v) is 10.2. The van der Waals surface area contributed by atoms with Crippen LogP contribution in [0.5, 0.6) is 11.5 Å². The van der Waals surface area contributed by atoms with Gasteiger partial charge in [0.05, 0.1) is 18.0 Å². The quantitative estimate of drug-likeness (QED) is 0.730. The van der Waals surface area contributed by atoms with Gasteiger partial charge in [-0.25, -0.2) is 8.42 Å². The van der Waals surface area contributed by atoms with Crippen LogP contribution >= 0.6 is 0 Å². The highest BCUT2D eigenvalue weighted by Gasteiger charge is 2.32. The number of carbonyl (C=O) groups is 1. The zero-order valence-electron chi connectivity index (χ0n) is 17.5. The number of sulfonamides is 1. The van der Waals surface area contributed by atoms with E-state index < -0.39 is 10.0 Å². The van der Waals surface area contributed by atoms with Crippen LogP contribution in [0.4, 0.5) is 5.69 Å². The Hall–Kier alpha value is -2.74. The highest BCUT2D eigenvalue weighted by atomic mass is 32.2. The third-order valence-electron chi connectivity index (χ3n) is 6.27. The van der Waals surface area contributed by atoms with Gasteiger partial charge in [0.25, 0.3) is 5.91 Å². The van der Waals surface area contributed by atoms with Gasteiger partial charge in [0.1, 0.15) is 13.2 Å². The molecule has 1 fully saturated rings. The van der Waals surface area contributed by atoms with Crippen molar-refractivity contribution in [2.45, 2.75) is 31.7 Å². The van der Waals surface area contributed by atoms with Crippen molar-refractivity contribution in [1.82, 2.24) is 4.90 Å². The van der Waals surface area contributed by atoms with E-state index in [1.165, 1.54) is 10.6 Å². The van der Waals surface area contributed by atoms with Gasteiger partial charge < -0.3 is 14.4 Å². The molecule has 31 heavy (non-hydrogen) atoms. The van der Waals surface area contributed by atoms with Crippen LogP contribution in [0, 0.1) is 0 Å². The van der Waals surface area contributed by atoms with Crippen LogP contribution in [0.15, 0.2) is 36.4 Å². The Kier molecular flexibility index (Phi) is 5.04. The van der Waals surface area contributed by atoms with Crippen molar-refractivity contribution in [3.63, 3.8) is 0 Å². The molecule has 2 aromatic rings. The van der Waals surface area contributed by atoms with Crippen molar-refractivity contribution in [3.05, 3.63) is 53.1 Å². The second-order valence-electron chi connectivity index (χ2n) is 8.34. The molecule has 0 saturated carbocycles. The van der Waals surface area contributed by atoms with Gasteiger partial charge in [-0.1, -0.05) is 6.07 Å². The zero-order chi connectivity index (χ0) is 21.6. The summed E-state index contributed by atoms with van der Waals surface area (Å²) in [6.07, 6.45) is 4.59. The molecule has 3 aliphatic heterocycles. The summed E-state index contributed by atoms with van der Waals surface area (Å²) in [5.74, 6) is 1.46. The molecule has 0 aromatic heterocycles. The molecule has 1 atom stereocenters. The molecule has 0 radical (unpaired) electrons. The first-order valence-corrected chi connectivity index (χ1v) is 12.6. The summed E-state index contributed by atoms with van der Waals surface area (Å²) in [6.45, 7) is 2.26. The van der Waals surface area contributed by atoms with Crippen LogP contribution in [0.25, 0.3) is 0 Å². The molecule has 1 saturated heterocycles. The molecule has 0 unspecified atom stereocenters. The maximum atomic E-state index is 13.4. The predicted octanol–water partition coefficient (Wildman–Crippen LogP) is 3.15. The molecule has 1 amide bonds. The average molecular weight is 443 g/mol. The van der Waals surface area contributed by atoms with Crippen molar-refractivity contribution in [3.8, 4) is 11.5 Å². The largest absolute Gasteiger partial charge is 0.486 e. The van der Waals surface area contributed by atoms with E-state index >= 15 is 0 Å². The number of hydrogen-bond acceptors (Lipinski definition) is 5. The maximum absolute atomic E-state index is 13.4. The van der Waals surface area contributed by atoms with Gasteiger partial charge in [-0.2, -0.15) is 0 Å². The minimum atomic E-state index is -3.32. The number of hydrogen-bond donors (Lipinski definition) is 0. The SMILES string of the molecule is CS(=O)(=O)N1CCCc2cc(C(=O)N3CCC[C@H]3c3ccc4c(c3)OCCO4)ccc21. The van der Waals surface area contributed by atoms with E-state index in [4.69, 9.17) is 9.47 Å². The number of ether oxygens (including phenoxy) is 2. The summed E-state index contributed by atoms with van der Waals surface area (Å²) >= 11 is 0. The first-order chi connectivity index (χ1) is 14.9. The van der Waals surface area contributed by atoms with Crippen molar-refractivity contribution in [2.75, 3.05) is 36.9 Å². The van der Waals surface area contributed by atoms with Crippen molar-refractivity contribution >= 4 is 21.6 Å². The fourth-order valence-corrected chi connectivity index (χ4v) is 5.83. The third-order valence-corrected chi connectivity index (χ3v) is 7.45. The van der Waals surface area contributed by atoms with E-state index in [9.17, 15) is 13.2 Å².